The molecule has 4 unspecified atom stereocenters. The number of aliphatic hydroxyl groups excluding tert-OH is 1. The molecule has 1 aliphatic rings. The van der Waals surface area contributed by atoms with Crippen LogP contribution in [0.5, 0.6) is 0 Å². The Bertz CT molecular complexity index is 424. The van der Waals surface area contributed by atoms with Gasteiger partial charge in [0.15, 0.2) is 0 Å². The van der Waals surface area contributed by atoms with Crippen LogP contribution in [0.1, 0.15) is 70.1 Å². The first kappa shape index (κ1) is 16.5. The van der Waals surface area contributed by atoms with Crippen LogP contribution in [0.4, 0.5) is 0 Å². The Morgan fingerprint density at radius 1 is 1.05 bits per heavy atom. The molecular weight excluding hydrogens is 260 g/mol. The van der Waals surface area contributed by atoms with Crippen molar-refractivity contribution in [2.45, 2.75) is 65.1 Å². The van der Waals surface area contributed by atoms with E-state index in [1.165, 1.54) is 12.0 Å². The van der Waals surface area contributed by atoms with Crippen molar-refractivity contribution in [2.75, 3.05) is 6.61 Å². The minimum Gasteiger partial charge on any atom is -0.386 e. The molecule has 1 fully saturated rings. The Balaban J connectivity index is 1.82. The molecule has 1 aliphatic carbocycles. The molecule has 0 saturated heterocycles. The number of rotatable bonds is 5. The smallest absolute Gasteiger partial charge is 0.102 e. The minimum absolute atomic E-state index is 0.320. The lowest BCUT2D eigenvalue weighted by Gasteiger charge is -2.32. The third kappa shape index (κ3) is 4.55. The molecule has 0 amide bonds. The molecule has 0 aliphatic heterocycles. The second-order valence-corrected chi connectivity index (χ2v) is 7.06. The average molecular weight is 290 g/mol. The van der Waals surface area contributed by atoms with Gasteiger partial charge in [-0.25, -0.2) is 0 Å². The van der Waals surface area contributed by atoms with Gasteiger partial charge in [-0.1, -0.05) is 52.0 Å². The van der Waals surface area contributed by atoms with Crippen LogP contribution < -0.4 is 0 Å². The summed E-state index contributed by atoms with van der Waals surface area (Å²) in [5, 5.41) is 10.3. The summed E-state index contributed by atoms with van der Waals surface area (Å²) < 4.78 is 5.95. The molecule has 2 rings (SSSR count). The van der Waals surface area contributed by atoms with Crippen molar-refractivity contribution < 1.29 is 9.84 Å². The van der Waals surface area contributed by atoms with E-state index < -0.39 is 6.10 Å². The number of benzene rings is 1. The molecule has 1 N–H and O–H groups in total. The van der Waals surface area contributed by atoms with Gasteiger partial charge in [-0.15, -0.1) is 0 Å². The third-order valence-corrected chi connectivity index (χ3v) is 5.03. The molecule has 0 bridgehead atoms. The zero-order valence-corrected chi connectivity index (χ0v) is 13.9. The Morgan fingerprint density at radius 3 is 2.24 bits per heavy atom. The summed E-state index contributed by atoms with van der Waals surface area (Å²) in [6, 6.07) is 8.25. The van der Waals surface area contributed by atoms with E-state index in [9.17, 15) is 5.11 Å². The summed E-state index contributed by atoms with van der Waals surface area (Å²) in [5.74, 6) is 2.06. The van der Waals surface area contributed by atoms with Crippen molar-refractivity contribution in [3.8, 4) is 0 Å². The first-order chi connectivity index (χ1) is 9.97. The molecule has 1 saturated carbocycles. The fraction of sp³-hybridized carbons (Fsp3) is 0.684. The topological polar surface area (TPSA) is 29.5 Å². The van der Waals surface area contributed by atoms with Crippen LogP contribution in [0.2, 0.25) is 0 Å². The Labute approximate surface area is 129 Å². The predicted octanol–water partition coefficient (Wildman–Crippen LogP) is 4.68. The zero-order valence-electron chi connectivity index (χ0n) is 13.9. The lowest BCUT2D eigenvalue weighted by molar-refractivity contribution is -0.0397. The van der Waals surface area contributed by atoms with Gasteiger partial charge in [-0.2, -0.15) is 0 Å². The molecule has 2 heteroatoms. The Hall–Kier alpha value is -0.860. The second kappa shape index (κ2) is 7.42. The highest BCUT2D eigenvalue weighted by molar-refractivity contribution is 5.26. The summed E-state index contributed by atoms with van der Waals surface area (Å²) in [4.78, 5) is 0. The van der Waals surface area contributed by atoms with Crippen molar-refractivity contribution in [3.05, 3.63) is 35.4 Å². The standard InChI is InChI=1S/C19H30O2/c1-13(2)16-6-8-17(9-7-16)19(20)12-21-18-10-5-14(3)15(4)11-18/h6-9,13-15,18-20H,5,10-12H2,1-4H3. The number of aliphatic hydroxyl groups is 1. The highest BCUT2D eigenvalue weighted by Crippen LogP contribution is 2.31. The number of hydrogen-bond acceptors (Lipinski definition) is 2. The summed E-state index contributed by atoms with van der Waals surface area (Å²) in [6.45, 7) is 9.40. The molecule has 21 heavy (non-hydrogen) atoms. The molecule has 0 spiro atoms. The summed E-state index contributed by atoms with van der Waals surface area (Å²) in [7, 11) is 0. The van der Waals surface area contributed by atoms with Crippen molar-refractivity contribution in [3.63, 3.8) is 0 Å². The summed E-state index contributed by atoms with van der Waals surface area (Å²) in [6.07, 6.45) is 3.30. The fourth-order valence-electron chi connectivity index (χ4n) is 3.08. The number of ether oxygens (including phenoxy) is 1. The SMILES string of the molecule is CC(C)c1ccc(C(O)COC2CCC(C)C(C)C2)cc1. The molecule has 1 aromatic rings. The molecule has 4 atom stereocenters. The highest BCUT2D eigenvalue weighted by Gasteiger charge is 2.25. The van der Waals surface area contributed by atoms with Gasteiger partial charge < -0.3 is 9.84 Å². The van der Waals surface area contributed by atoms with E-state index in [4.69, 9.17) is 4.74 Å². The predicted molar refractivity (Wildman–Crippen MR) is 87.4 cm³/mol. The Kier molecular flexibility index (Phi) is 5.83. The average Bonchev–Trinajstić information content (AvgIpc) is 2.48. The van der Waals surface area contributed by atoms with E-state index in [1.807, 2.05) is 12.1 Å². The quantitative estimate of drug-likeness (QED) is 0.853. The van der Waals surface area contributed by atoms with Crippen LogP contribution in [0.3, 0.4) is 0 Å². The molecule has 1 aromatic carbocycles. The molecule has 0 radical (unpaired) electrons. The van der Waals surface area contributed by atoms with Crippen LogP contribution in [-0.2, 0) is 4.74 Å². The molecule has 0 aromatic heterocycles. The second-order valence-electron chi connectivity index (χ2n) is 7.06. The fourth-order valence-corrected chi connectivity index (χ4v) is 3.08. The van der Waals surface area contributed by atoms with Crippen molar-refractivity contribution in [1.29, 1.82) is 0 Å². The van der Waals surface area contributed by atoms with Crippen molar-refractivity contribution >= 4 is 0 Å². The monoisotopic (exact) mass is 290 g/mol. The van der Waals surface area contributed by atoms with Gasteiger partial charge in [0, 0.05) is 0 Å². The van der Waals surface area contributed by atoms with Gasteiger partial charge >= 0.3 is 0 Å². The summed E-state index contributed by atoms with van der Waals surface area (Å²) >= 11 is 0. The summed E-state index contributed by atoms with van der Waals surface area (Å²) in [5.41, 5.74) is 2.26. The zero-order chi connectivity index (χ0) is 15.4. The first-order valence-electron chi connectivity index (χ1n) is 8.37. The van der Waals surface area contributed by atoms with E-state index in [1.54, 1.807) is 0 Å². The molecular formula is C19H30O2. The van der Waals surface area contributed by atoms with E-state index in [-0.39, 0.29) is 0 Å². The van der Waals surface area contributed by atoms with Gasteiger partial charge in [0.1, 0.15) is 6.10 Å². The lowest BCUT2D eigenvalue weighted by atomic mass is 9.80. The van der Waals surface area contributed by atoms with E-state index in [0.717, 1.165) is 30.2 Å². The minimum atomic E-state index is -0.513. The van der Waals surface area contributed by atoms with Gasteiger partial charge in [0.05, 0.1) is 12.7 Å². The maximum Gasteiger partial charge on any atom is 0.102 e. The van der Waals surface area contributed by atoms with Crippen molar-refractivity contribution in [2.24, 2.45) is 11.8 Å². The number of hydrogen-bond donors (Lipinski definition) is 1. The van der Waals surface area contributed by atoms with Gasteiger partial charge in [0.25, 0.3) is 0 Å². The Morgan fingerprint density at radius 2 is 1.67 bits per heavy atom. The molecule has 118 valence electrons. The van der Waals surface area contributed by atoms with Crippen LogP contribution in [-0.4, -0.2) is 17.8 Å². The van der Waals surface area contributed by atoms with Gasteiger partial charge in [-0.3, -0.25) is 0 Å². The maximum absolute atomic E-state index is 10.3. The maximum atomic E-state index is 10.3. The van der Waals surface area contributed by atoms with Crippen LogP contribution in [0.15, 0.2) is 24.3 Å². The van der Waals surface area contributed by atoms with Gasteiger partial charge in [0.2, 0.25) is 0 Å². The first-order valence-corrected chi connectivity index (χ1v) is 8.37. The molecule has 0 heterocycles. The third-order valence-electron chi connectivity index (χ3n) is 5.03. The normalized spacial score (nSPS) is 27.8. The van der Waals surface area contributed by atoms with Crippen LogP contribution >= 0.6 is 0 Å². The van der Waals surface area contributed by atoms with Crippen LogP contribution in [0.25, 0.3) is 0 Å². The highest BCUT2D eigenvalue weighted by atomic mass is 16.5. The van der Waals surface area contributed by atoms with E-state index >= 15 is 0 Å². The van der Waals surface area contributed by atoms with Crippen molar-refractivity contribution in [1.82, 2.24) is 0 Å². The van der Waals surface area contributed by atoms with Gasteiger partial charge in [-0.05, 0) is 48.1 Å². The van der Waals surface area contributed by atoms with Crippen LogP contribution in [0, 0.1) is 11.8 Å². The molecule has 2 nitrogen and oxygen atoms in total. The largest absolute Gasteiger partial charge is 0.386 e. The van der Waals surface area contributed by atoms with E-state index in [2.05, 4.69) is 39.8 Å². The lowest BCUT2D eigenvalue weighted by Crippen LogP contribution is -2.28. The van der Waals surface area contributed by atoms with E-state index in [0.29, 0.717) is 18.6 Å².